The Morgan fingerprint density at radius 1 is 0.960 bits per heavy atom. The molecule has 0 fully saturated rings. The number of methoxy groups -OCH3 is 1. The van der Waals surface area contributed by atoms with E-state index in [-0.39, 0.29) is 5.97 Å². The van der Waals surface area contributed by atoms with Gasteiger partial charge in [-0.05, 0) is 48.5 Å². The number of aliphatic carboxylic acids is 1. The van der Waals surface area contributed by atoms with Crippen LogP contribution in [0.4, 0.5) is 17.1 Å². The molecule has 0 spiro atoms. The topological polar surface area (TPSA) is 112 Å². The smallest absolute Gasteiger partial charge is 0.337 e. The fourth-order valence-corrected chi connectivity index (χ4v) is 1.63. The van der Waals surface area contributed by atoms with Crippen LogP contribution < -0.4 is 5.06 Å². The molecule has 0 aliphatic rings. The summed E-state index contributed by atoms with van der Waals surface area (Å²) in [5.74, 6) is -1.22. The van der Waals surface area contributed by atoms with Gasteiger partial charge in [0, 0.05) is 14.0 Å². The van der Waals surface area contributed by atoms with Gasteiger partial charge in [0.2, 0.25) is 0 Å². The summed E-state index contributed by atoms with van der Waals surface area (Å²) >= 11 is 0. The van der Waals surface area contributed by atoms with E-state index in [0.29, 0.717) is 22.6 Å². The zero-order chi connectivity index (χ0) is 18.8. The molecule has 0 unspecified atom stereocenters. The Morgan fingerprint density at radius 3 is 1.72 bits per heavy atom. The SMILES string of the molecule is CC(=O)O.COC(=O)c1ccc(N=Nc2ccc(N(C)O)cc2)cc1. The normalized spacial score (nSPS) is 9.92. The van der Waals surface area contributed by atoms with Crippen LogP contribution in [0.25, 0.3) is 0 Å². The zero-order valence-corrected chi connectivity index (χ0v) is 14.1. The summed E-state index contributed by atoms with van der Waals surface area (Å²) in [6.07, 6.45) is 0. The van der Waals surface area contributed by atoms with Crippen molar-refractivity contribution in [1.29, 1.82) is 0 Å². The van der Waals surface area contributed by atoms with Crippen LogP contribution in [-0.4, -0.2) is 36.4 Å². The van der Waals surface area contributed by atoms with Crippen LogP contribution in [0.5, 0.6) is 0 Å². The first-order valence-electron chi connectivity index (χ1n) is 7.15. The number of hydrogen-bond donors (Lipinski definition) is 2. The van der Waals surface area contributed by atoms with Gasteiger partial charge in [-0.25, -0.2) is 4.79 Å². The third-order valence-corrected chi connectivity index (χ3v) is 2.79. The zero-order valence-electron chi connectivity index (χ0n) is 14.1. The second kappa shape index (κ2) is 9.78. The summed E-state index contributed by atoms with van der Waals surface area (Å²) in [7, 11) is 2.88. The molecule has 2 N–H and O–H groups in total. The summed E-state index contributed by atoms with van der Waals surface area (Å²) in [6, 6.07) is 13.6. The van der Waals surface area contributed by atoms with Gasteiger partial charge in [0.25, 0.3) is 5.97 Å². The number of esters is 1. The second-order valence-electron chi connectivity index (χ2n) is 4.80. The van der Waals surface area contributed by atoms with E-state index in [1.807, 2.05) is 0 Å². The lowest BCUT2D eigenvalue weighted by molar-refractivity contribution is -0.134. The molecule has 0 radical (unpaired) electrons. The minimum atomic E-state index is -0.833. The molecule has 0 saturated carbocycles. The third-order valence-electron chi connectivity index (χ3n) is 2.79. The maximum absolute atomic E-state index is 11.3. The molecule has 2 aromatic carbocycles. The number of hydrogen-bond acceptors (Lipinski definition) is 7. The Hall–Kier alpha value is -3.26. The van der Waals surface area contributed by atoms with Crippen LogP contribution in [0.1, 0.15) is 17.3 Å². The van der Waals surface area contributed by atoms with Crippen LogP contribution >= 0.6 is 0 Å². The molecular weight excluding hydrogens is 326 g/mol. The highest BCUT2D eigenvalue weighted by Crippen LogP contribution is 2.21. The van der Waals surface area contributed by atoms with E-state index in [1.54, 1.807) is 55.6 Å². The maximum atomic E-state index is 11.3. The highest BCUT2D eigenvalue weighted by molar-refractivity contribution is 5.89. The Morgan fingerprint density at radius 2 is 1.36 bits per heavy atom. The van der Waals surface area contributed by atoms with Gasteiger partial charge in [-0.15, -0.1) is 0 Å². The number of anilines is 1. The Bertz CT molecular complexity index is 721. The van der Waals surface area contributed by atoms with Gasteiger partial charge in [-0.2, -0.15) is 10.2 Å². The quantitative estimate of drug-likeness (QED) is 0.495. The van der Waals surface area contributed by atoms with Crippen LogP contribution in [0, 0.1) is 0 Å². The molecule has 0 heterocycles. The second-order valence-corrected chi connectivity index (χ2v) is 4.80. The number of nitrogens with zero attached hydrogens (tertiary/aromatic N) is 3. The van der Waals surface area contributed by atoms with E-state index in [0.717, 1.165) is 12.0 Å². The molecule has 8 heteroatoms. The Balaban J connectivity index is 0.000000705. The largest absolute Gasteiger partial charge is 0.481 e. The van der Waals surface area contributed by atoms with Gasteiger partial charge in [-0.3, -0.25) is 15.1 Å². The standard InChI is InChI=1S/C15H15N3O3.C2H4O2/c1-18(20)14-9-7-13(8-10-14)17-16-12-5-3-11(4-6-12)15(19)21-2;1-2(3)4/h3-10,20H,1-2H3;1H3,(H,3,4). The summed E-state index contributed by atoms with van der Waals surface area (Å²) in [5, 5.41) is 25.8. The Labute approximate surface area is 145 Å². The summed E-state index contributed by atoms with van der Waals surface area (Å²) in [5.41, 5.74) is 2.42. The molecule has 0 bridgehead atoms. The molecule has 0 aliphatic carbocycles. The van der Waals surface area contributed by atoms with Crippen molar-refractivity contribution in [1.82, 2.24) is 0 Å². The maximum Gasteiger partial charge on any atom is 0.337 e. The van der Waals surface area contributed by atoms with Crippen LogP contribution in [0.15, 0.2) is 58.8 Å². The summed E-state index contributed by atoms with van der Waals surface area (Å²) in [6.45, 7) is 1.08. The van der Waals surface area contributed by atoms with E-state index >= 15 is 0 Å². The number of carbonyl (C=O) groups excluding carboxylic acids is 1. The summed E-state index contributed by atoms with van der Waals surface area (Å²) in [4.78, 5) is 20.3. The van der Waals surface area contributed by atoms with Crippen molar-refractivity contribution in [3.8, 4) is 0 Å². The van der Waals surface area contributed by atoms with Gasteiger partial charge in [0.05, 0.1) is 29.7 Å². The first-order valence-corrected chi connectivity index (χ1v) is 7.15. The van der Waals surface area contributed by atoms with Crippen LogP contribution in [0.3, 0.4) is 0 Å². The van der Waals surface area contributed by atoms with E-state index in [2.05, 4.69) is 15.0 Å². The van der Waals surface area contributed by atoms with Crippen molar-refractivity contribution < 1.29 is 24.6 Å². The van der Waals surface area contributed by atoms with E-state index < -0.39 is 5.97 Å². The average molecular weight is 345 g/mol. The van der Waals surface area contributed by atoms with Gasteiger partial charge < -0.3 is 9.84 Å². The van der Waals surface area contributed by atoms with Crippen molar-refractivity contribution in [2.75, 3.05) is 19.2 Å². The van der Waals surface area contributed by atoms with Crippen molar-refractivity contribution in [2.45, 2.75) is 6.92 Å². The van der Waals surface area contributed by atoms with E-state index in [1.165, 1.54) is 7.11 Å². The lowest BCUT2D eigenvalue weighted by atomic mass is 10.2. The molecule has 0 amide bonds. The van der Waals surface area contributed by atoms with Gasteiger partial charge in [-0.1, -0.05) is 0 Å². The van der Waals surface area contributed by atoms with Crippen molar-refractivity contribution in [2.24, 2.45) is 10.2 Å². The number of carboxylic acid groups (broad SMARTS) is 1. The number of carbonyl (C=O) groups is 2. The monoisotopic (exact) mass is 345 g/mol. The van der Waals surface area contributed by atoms with Crippen LogP contribution in [-0.2, 0) is 9.53 Å². The number of rotatable bonds is 4. The van der Waals surface area contributed by atoms with Crippen LogP contribution in [0.2, 0.25) is 0 Å². The molecule has 132 valence electrons. The molecule has 2 rings (SSSR count). The molecule has 0 aromatic heterocycles. The predicted molar refractivity (Wildman–Crippen MR) is 91.9 cm³/mol. The number of benzene rings is 2. The third kappa shape index (κ3) is 7.23. The van der Waals surface area contributed by atoms with Crippen molar-refractivity contribution >= 4 is 29.0 Å². The number of azo groups is 1. The highest BCUT2D eigenvalue weighted by atomic mass is 16.5. The number of ether oxygens (including phenoxy) is 1. The summed E-state index contributed by atoms with van der Waals surface area (Å²) < 4.78 is 4.62. The Kier molecular flexibility index (Phi) is 7.74. The van der Waals surface area contributed by atoms with Crippen molar-refractivity contribution in [3.63, 3.8) is 0 Å². The van der Waals surface area contributed by atoms with Crippen molar-refractivity contribution in [3.05, 3.63) is 54.1 Å². The van der Waals surface area contributed by atoms with E-state index in [9.17, 15) is 10.0 Å². The van der Waals surface area contributed by atoms with Gasteiger partial charge >= 0.3 is 5.97 Å². The highest BCUT2D eigenvalue weighted by Gasteiger charge is 2.03. The van der Waals surface area contributed by atoms with E-state index in [4.69, 9.17) is 9.90 Å². The molecule has 0 atom stereocenters. The molecule has 2 aromatic rings. The fourth-order valence-electron chi connectivity index (χ4n) is 1.63. The number of hydroxylamine groups is 1. The molecular formula is C17H19N3O5. The predicted octanol–water partition coefficient (Wildman–Crippen LogP) is 3.80. The fraction of sp³-hybridized carbons (Fsp3) is 0.176. The average Bonchev–Trinajstić information content (AvgIpc) is 2.59. The minimum Gasteiger partial charge on any atom is -0.481 e. The molecule has 0 saturated heterocycles. The molecule has 0 aliphatic heterocycles. The van der Waals surface area contributed by atoms with Gasteiger partial charge in [0.1, 0.15) is 0 Å². The molecule has 8 nitrogen and oxygen atoms in total. The number of carboxylic acids is 1. The lowest BCUT2D eigenvalue weighted by Gasteiger charge is -2.09. The first-order chi connectivity index (χ1) is 11.8. The first kappa shape index (κ1) is 19.8. The molecule has 25 heavy (non-hydrogen) atoms. The minimum absolute atomic E-state index is 0.387. The van der Waals surface area contributed by atoms with Gasteiger partial charge in [0.15, 0.2) is 0 Å². The lowest BCUT2D eigenvalue weighted by Crippen LogP contribution is -2.08.